The zero-order valence-corrected chi connectivity index (χ0v) is 12.4. The molecule has 118 valence electrons. The van der Waals surface area contributed by atoms with Gasteiger partial charge in [-0.3, -0.25) is 14.5 Å². The molecule has 22 heavy (non-hydrogen) atoms. The molecule has 0 fully saturated rings. The van der Waals surface area contributed by atoms with Crippen LogP contribution in [0.5, 0.6) is 0 Å². The van der Waals surface area contributed by atoms with Gasteiger partial charge in [-0.2, -0.15) is 0 Å². The van der Waals surface area contributed by atoms with Crippen LogP contribution in [0.1, 0.15) is 26.0 Å². The van der Waals surface area contributed by atoms with Gasteiger partial charge in [-0.25, -0.2) is 0 Å². The molecule has 2 rings (SSSR count). The molecule has 0 aromatic carbocycles. The molecule has 0 radical (unpaired) electrons. The Balaban J connectivity index is 2.21. The van der Waals surface area contributed by atoms with Crippen molar-refractivity contribution in [2.75, 3.05) is 0 Å². The highest BCUT2D eigenvalue weighted by Gasteiger charge is 2.35. The first-order valence-electron chi connectivity index (χ1n) is 7.03. The summed E-state index contributed by atoms with van der Waals surface area (Å²) < 4.78 is 0. The molecule has 8 heteroatoms. The molecular weight excluding hydrogens is 288 g/mol. The second-order valence-electron chi connectivity index (χ2n) is 5.61. The number of imide groups is 1. The molecule has 2 heterocycles. The first-order valence-corrected chi connectivity index (χ1v) is 7.03. The Morgan fingerprint density at radius 2 is 1.91 bits per heavy atom. The van der Waals surface area contributed by atoms with Crippen LogP contribution in [-0.4, -0.2) is 49.4 Å². The SMILES string of the molecule is CC(C=O)CC(C)C(Cc1cn(O)nn1)N1C(=O)C=CC1=O. The zero-order valence-electron chi connectivity index (χ0n) is 12.4. The van der Waals surface area contributed by atoms with E-state index in [0.29, 0.717) is 17.0 Å². The largest absolute Gasteiger partial charge is 0.411 e. The smallest absolute Gasteiger partial charge is 0.253 e. The van der Waals surface area contributed by atoms with E-state index in [1.165, 1.54) is 23.2 Å². The van der Waals surface area contributed by atoms with Crippen molar-refractivity contribution in [3.8, 4) is 0 Å². The van der Waals surface area contributed by atoms with Gasteiger partial charge < -0.3 is 10.0 Å². The first-order chi connectivity index (χ1) is 10.4. The van der Waals surface area contributed by atoms with Crippen molar-refractivity contribution in [2.24, 2.45) is 11.8 Å². The molecule has 0 bridgehead atoms. The van der Waals surface area contributed by atoms with Crippen molar-refractivity contribution in [2.45, 2.75) is 32.7 Å². The normalized spacial score (nSPS) is 18.5. The van der Waals surface area contributed by atoms with E-state index >= 15 is 0 Å². The van der Waals surface area contributed by atoms with Crippen molar-refractivity contribution in [1.82, 2.24) is 20.1 Å². The molecule has 1 aliphatic heterocycles. The van der Waals surface area contributed by atoms with Crippen LogP contribution < -0.4 is 0 Å². The standard InChI is InChI=1S/C14H18N4O4/c1-9(8-19)5-10(2)12(6-11-7-17(22)16-15-11)18-13(20)3-4-14(18)21/h3-4,7-10,12,22H,5-6H2,1-2H3. The maximum Gasteiger partial charge on any atom is 0.253 e. The van der Waals surface area contributed by atoms with Crippen molar-refractivity contribution < 1.29 is 19.6 Å². The summed E-state index contributed by atoms with van der Waals surface area (Å²) in [6, 6.07) is -0.450. The van der Waals surface area contributed by atoms with Gasteiger partial charge in [0.1, 0.15) is 6.29 Å². The Bertz CT molecular complexity index is 592. The summed E-state index contributed by atoms with van der Waals surface area (Å²) in [7, 11) is 0. The van der Waals surface area contributed by atoms with Gasteiger partial charge in [0.25, 0.3) is 11.8 Å². The van der Waals surface area contributed by atoms with Gasteiger partial charge >= 0.3 is 0 Å². The summed E-state index contributed by atoms with van der Waals surface area (Å²) in [6.45, 7) is 3.67. The van der Waals surface area contributed by atoms with E-state index in [2.05, 4.69) is 10.3 Å². The maximum atomic E-state index is 11.9. The van der Waals surface area contributed by atoms with Gasteiger partial charge in [0.2, 0.25) is 0 Å². The Labute approximate surface area is 127 Å². The highest BCUT2D eigenvalue weighted by molar-refractivity contribution is 6.13. The lowest BCUT2D eigenvalue weighted by atomic mass is 9.88. The van der Waals surface area contributed by atoms with Gasteiger partial charge in [-0.05, 0) is 17.6 Å². The number of carbonyl (C=O) groups is 3. The van der Waals surface area contributed by atoms with E-state index in [9.17, 15) is 19.6 Å². The Morgan fingerprint density at radius 3 is 2.41 bits per heavy atom. The molecule has 0 saturated heterocycles. The lowest BCUT2D eigenvalue weighted by Crippen LogP contribution is -2.45. The summed E-state index contributed by atoms with van der Waals surface area (Å²) in [5.41, 5.74) is 0.464. The number of hydrogen-bond donors (Lipinski definition) is 1. The Morgan fingerprint density at radius 1 is 1.27 bits per heavy atom. The van der Waals surface area contributed by atoms with Crippen molar-refractivity contribution in [1.29, 1.82) is 0 Å². The zero-order chi connectivity index (χ0) is 16.3. The van der Waals surface area contributed by atoms with Crippen LogP contribution in [0.25, 0.3) is 0 Å². The number of aldehydes is 1. The molecule has 0 aliphatic carbocycles. The van der Waals surface area contributed by atoms with Crippen molar-refractivity contribution in [3.05, 3.63) is 24.0 Å². The highest BCUT2D eigenvalue weighted by Crippen LogP contribution is 2.24. The second-order valence-corrected chi connectivity index (χ2v) is 5.61. The molecule has 2 amide bonds. The molecule has 3 atom stereocenters. The average molecular weight is 306 g/mol. The molecule has 1 N–H and O–H groups in total. The fourth-order valence-electron chi connectivity index (χ4n) is 2.68. The van der Waals surface area contributed by atoms with Crippen LogP contribution in [0.3, 0.4) is 0 Å². The molecular formula is C14H18N4O4. The number of rotatable bonds is 7. The van der Waals surface area contributed by atoms with Crippen LogP contribution >= 0.6 is 0 Å². The van der Waals surface area contributed by atoms with Crippen LogP contribution in [0.2, 0.25) is 0 Å². The number of hydrogen-bond acceptors (Lipinski definition) is 6. The molecule has 1 aromatic heterocycles. The van der Waals surface area contributed by atoms with Crippen molar-refractivity contribution in [3.63, 3.8) is 0 Å². The second kappa shape index (κ2) is 6.50. The minimum absolute atomic E-state index is 0.100. The third kappa shape index (κ3) is 3.38. The van der Waals surface area contributed by atoms with E-state index in [1.807, 2.05) is 6.92 Å². The van der Waals surface area contributed by atoms with Crippen LogP contribution in [0.15, 0.2) is 18.3 Å². The average Bonchev–Trinajstić information content (AvgIpc) is 3.02. The minimum atomic E-state index is -0.450. The number of aromatic nitrogens is 3. The summed E-state index contributed by atoms with van der Waals surface area (Å²) >= 11 is 0. The van der Waals surface area contributed by atoms with E-state index in [-0.39, 0.29) is 30.1 Å². The summed E-state index contributed by atoms with van der Waals surface area (Å²) in [4.78, 5) is 36.5. The van der Waals surface area contributed by atoms with E-state index in [4.69, 9.17) is 0 Å². The number of nitrogens with zero attached hydrogens (tertiary/aromatic N) is 4. The van der Waals surface area contributed by atoms with Gasteiger partial charge in [0.05, 0.1) is 11.9 Å². The highest BCUT2D eigenvalue weighted by atomic mass is 16.5. The quantitative estimate of drug-likeness (QED) is 0.438. The van der Waals surface area contributed by atoms with E-state index in [0.717, 1.165) is 6.29 Å². The fourth-order valence-corrected chi connectivity index (χ4v) is 2.68. The van der Waals surface area contributed by atoms with Gasteiger partial charge in [-0.15, -0.1) is 5.10 Å². The lowest BCUT2D eigenvalue weighted by molar-refractivity contribution is -0.140. The van der Waals surface area contributed by atoms with Gasteiger partial charge in [-0.1, -0.05) is 18.7 Å². The summed E-state index contributed by atoms with van der Waals surface area (Å²) in [5, 5.41) is 16.4. The van der Waals surface area contributed by atoms with Gasteiger partial charge in [0.15, 0.2) is 0 Å². The predicted molar refractivity (Wildman–Crippen MR) is 74.7 cm³/mol. The Hall–Kier alpha value is -2.51. The number of amides is 2. The lowest BCUT2D eigenvalue weighted by Gasteiger charge is -2.31. The van der Waals surface area contributed by atoms with Crippen LogP contribution in [0, 0.1) is 11.8 Å². The van der Waals surface area contributed by atoms with Gasteiger partial charge in [0, 0.05) is 30.5 Å². The molecule has 0 saturated carbocycles. The number of carbonyl (C=O) groups excluding carboxylic acids is 3. The van der Waals surface area contributed by atoms with Crippen LogP contribution in [-0.2, 0) is 20.8 Å². The first kappa shape index (κ1) is 15.9. The molecule has 8 nitrogen and oxygen atoms in total. The van der Waals surface area contributed by atoms with Crippen LogP contribution in [0.4, 0.5) is 0 Å². The summed E-state index contributed by atoms with van der Waals surface area (Å²) in [5.74, 6) is -1.03. The third-order valence-corrected chi connectivity index (χ3v) is 3.76. The molecule has 3 unspecified atom stereocenters. The summed E-state index contributed by atoms with van der Waals surface area (Å²) in [6.07, 6.45) is 5.44. The van der Waals surface area contributed by atoms with Crippen molar-refractivity contribution >= 4 is 18.1 Å². The monoisotopic (exact) mass is 306 g/mol. The third-order valence-electron chi connectivity index (χ3n) is 3.76. The molecule has 1 aliphatic rings. The predicted octanol–water partition coefficient (Wildman–Crippen LogP) is 0.213. The maximum absolute atomic E-state index is 11.9. The fraction of sp³-hybridized carbons (Fsp3) is 0.500. The van der Waals surface area contributed by atoms with E-state index in [1.54, 1.807) is 6.92 Å². The molecule has 0 spiro atoms. The molecule has 1 aromatic rings. The Kier molecular flexibility index (Phi) is 4.69. The topological polar surface area (TPSA) is 105 Å². The van der Waals surface area contributed by atoms with E-state index < -0.39 is 6.04 Å². The minimum Gasteiger partial charge on any atom is -0.411 e.